The van der Waals surface area contributed by atoms with Gasteiger partial charge in [-0.3, -0.25) is 9.79 Å². The fourth-order valence-electron chi connectivity index (χ4n) is 3.37. The Morgan fingerprint density at radius 1 is 1.37 bits per heavy atom. The molecule has 3 rings (SSSR count). The van der Waals surface area contributed by atoms with Crippen molar-refractivity contribution in [1.82, 2.24) is 9.55 Å². The standard InChI is InChI=1S/C20H24N4O3/c1-13(2)14-6-4-7-16(20(26)27-3)15(14)8-5-9-24-12-23-18-17(25)10-21-11-22-19(18)24/h4,6-7,11-13H,5,8-10H2,1-3H3,(H,21,22). The van der Waals surface area contributed by atoms with Crippen LogP contribution in [-0.2, 0) is 17.7 Å². The molecule has 7 heteroatoms. The molecule has 1 aliphatic heterocycles. The highest BCUT2D eigenvalue weighted by Gasteiger charge is 2.20. The summed E-state index contributed by atoms with van der Waals surface area (Å²) in [7, 11) is 1.40. The summed E-state index contributed by atoms with van der Waals surface area (Å²) in [5, 5.41) is 3.04. The number of hydrogen-bond donors (Lipinski definition) is 1. The lowest BCUT2D eigenvalue weighted by molar-refractivity contribution is 0.0599. The molecule has 0 atom stereocenters. The summed E-state index contributed by atoms with van der Waals surface area (Å²) in [5.74, 6) is 0.576. The third-order valence-electron chi connectivity index (χ3n) is 4.69. The van der Waals surface area contributed by atoms with Crippen molar-refractivity contribution in [2.75, 3.05) is 19.0 Å². The number of aryl methyl sites for hydroxylation is 1. The second-order valence-corrected chi connectivity index (χ2v) is 6.80. The minimum atomic E-state index is -0.313. The fraction of sp³-hybridized carbons (Fsp3) is 0.400. The van der Waals surface area contributed by atoms with Gasteiger partial charge in [0.05, 0.1) is 25.3 Å². The van der Waals surface area contributed by atoms with Crippen molar-refractivity contribution in [3.63, 3.8) is 0 Å². The highest BCUT2D eigenvalue weighted by molar-refractivity contribution is 6.04. The summed E-state index contributed by atoms with van der Waals surface area (Å²) in [6, 6.07) is 5.77. The van der Waals surface area contributed by atoms with E-state index in [4.69, 9.17) is 4.74 Å². The topological polar surface area (TPSA) is 85.6 Å². The number of fused-ring (bicyclic) bond motifs is 1. The van der Waals surface area contributed by atoms with Gasteiger partial charge < -0.3 is 14.6 Å². The first kappa shape index (κ1) is 18.8. The number of rotatable bonds is 6. The van der Waals surface area contributed by atoms with Crippen LogP contribution in [0.25, 0.3) is 0 Å². The van der Waals surface area contributed by atoms with Crippen LogP contribution in [0.15, 0.2) is 29.5 Å². The number of nitrogens with zero attached hydrogens (tertiary/aromatic N) is 3. The molecule has 7 nitrogen and oxygen atoms in total. The fourth-order valence-corrected chi connectivity index (χ4v) is 3.37. The number of Topliss-reactive ketones (excluding diaryl/α,β-unsaturated/α-hetero) is 1. The lowest BCUT2D eigenvalue weighted by Gasteiger charge is -2.17. The van der Waals surface area contributed by atoms with E-state index < -0.39 is 0 Å². The first-order valence-corrected chi connectivity index (χ1v) is 9.06. The third-order valence-corrected chi connectivity index (χ3v) is 4.69. The summed E-state index contributed by atoms with van der Waals surface area (Å²) < 4.78 is 6.86. The van der Waals surface area contributed by atoms with Crippen LogP contribution in [0.1, 0.15) is 58.2 Å². The van der Waals surface area contributed by atoms with Crippen LogP contribution in [0.2, 0.25) is 0 Å². The molecule has 142 valence electrons. The number of anilines is 1. The number of carbonyl (C=O) groups is 2. The molecule has 0 aliphatic carbocycles. The van der Waals surface area contributed by atoms with E-state index in [1.54, 1.807) is 6.33 Å². The molecule has 0 radical (unpaired) electrons. The maximum Gasteiger partial charge on any atom is 0.338 e. The van der Waals surface area contributed by atoms with Gasteiger partial charge in [0.2, 0.25) is 5.78 Å². The van der Waals surface area contributed by atoms with Gasteiger partial charge in [-0.25, -0.2) is 9.78 Å². The Bertz CT molecular complexity index is 883. The summed E-state index contributed by atoms with van der Waals surface area (Å²) in [6.45, 7) is 5.01. The molecule has 1 N–H and O–H groups in total. The molecule has 1 aromatic heterocycles. The molecule has 27 heavy (non-hydrogen) atoms. The SMILES string of the molecule is COC(=O)c1cccc(C(C)C)c1CCCn1cnc2c1NC=NCC2=O. The molecule has 0 fully saturated rings. The molecule has 0 spiro atoms. The van der Waals surface area contributed by atoms with Crippen LogP contribution in [0, 0.1) is 0 Å². The van der Waals surface area contributed by atoms with Crippen LogP contribution in [0.4, 0.5) is 5.82 Å². The summed E-state index contributed by atoms with van der Waals surface area (Å²) in [6.07, 6.45) is 4.73. The van der Waals surface area contributed by atoms with Gasteiger partial charge in [0, 0.05) is 6.54 Å². The number of methoxy groups -OCH3 is 1. The summed E-state index contributed by atoms with van der Waals surface area (Å²) in [4.78, 5) is 32.4. The normalized spacial score (nSPS) is 13.3. The maximum absolute atomic E-state index is 12.2. The van der Waals surface area contributed by atoms with Gasteiger partial charge in [0.1, 0.15) is 12.4 Å². The lowest BCUT2D eigenvalue weighted by Crippen LogP contribution is -2.11. The molecule has 2 aromatic rings. The Kier molecular flexibility index (Phi) is 5.69. The number of imidazole rings is 1. The zero-order chi connectivity index (χ0) is 19.4. The molecule has 0 bridgehead atoms. The zero-order valence-electron chi connectivity index (χ0n) is 15.9. The van der Waals surface area contributed by atoms with Gasteiger partial charge in [0.25, 0.3) is 0 Å². The van der Waals surface area contributed by atoms with E-state index in [0.717, 1.165) is 24.0 Å². The van der Waals surface area contributed by atoms with E-state index in [1.165, 1.54) is 13.4 Å². The van der Waals surface area contributed by atoms with E-state index in [0.29, 0.717) is 29.5 Å². The number of aromatic nitrogens is 2. The van der Waals surface area contributed by atoms with Crippen LogP contribution < -0.4 is 5.32 Å². The first-order valence-electron chi connectivity index (χ1n) is 9.06. The van der Waals surface area contributed by atoms with Crippen molar-refractivity contribution in [3.8, 4) is 0 Å². The van der Waals surface area contributed by atoms with Gasteiger partial charge in [-0.1, -0.05) is 26.0 Å². The monoisotopic (exact) mass is 368 g/mol. The van der Waals surface area contributed by atoms with Crippen molar-refractivity contribution in [1.29, 1.82) is 0 Å². The molecule has 0 amide bonds. The Hall–Kier alpha value is -2.96. The zero-order valence-corrected chi connectivity index (χ0v) is 15.9. The Labute approximate surface area is 158 Å². The maximum atomic E-state index is 12.2. The van der Waals surface area contributed by atoms with E-state index in [2.05, 4.69) is 35.2 Å². The molecule has 2 heterocycles. The Morgan fingerprint density at radius 2 is 2.19 bits per heavy atom. The van der Waals surface area contributed by atoms with Crippen LogP contribution in [0.3, 0.4) is 0 Å². The van der Waals surface area contributed by atoms with Crippen molar-refractivity contribution < 1.29 is 14.3 Å². The van der Waals surface area contributed by atoms with E-state index in [9.17, 15) is 9.59 Å². The second-order valence-electron chi connectivity index (χ2n) is 6.80. The Morgan fingerprint density at radius 3 is 2.93 bits per heavy atom. The number of benzene rings is 1. The number of aliphatic imine (C=N–C) groups is 1. The molecule has 0 saturated carbocycles. The number of ketones is 1. The highest BCUT2D eigenvalue weighted by Crippen LogP contribution is 2.25. The molecule has 1 aromatic carbocycles. The van der Waals surface area contributed by atoms with Gasteiger partial charge in [-0.05, 0) is 36.0 Å². The number of carbonyl (C=O) groups excluding carboxylic acids is 2. The Balaban J connectivity index is 1.79. The summed E-state index contributed by atoms with van der Waals surface area (Å²) in [5.41, 5.74) is 3.22. The molecule has 1 aliphatic rings. The van der Waals surface area contributed by atoms with Crippen molar-refractivity contribution >= 4 is 23.9 Å². The number of ether oxygens (including phenoxy) is 1. The first-order chi connectivity index (χ1) is 13.0. The smallest absolute Gasteiger partial charge is 0.338 e. The minimum Gasteiger partial charge on any atom is -0.465 e. The highest BCUT2D eigenvalue weighted by atomic mass is 16.5. The van der Waals surface area contributed by atoms with Crippen LogP contribution in [-0.4, -0.2) is 41.3 Å². The molecular weight excluding hydrogens is 344 g/mol. The predicted molar refractivity (Wildman–Crippen MR) is 104 cm³/mol. The summed E-state index contributed by atoms with van der Waals surface area (Å²) >= 11 is 0. The largest absolute Gasteiger partial charge is 0.465 e. The number of hydrogen-bond acceptors (Lipinski definition) is 6. The quantitative estimate of drug-likeness (QED) is 0.792. The molecule has 0 unspecified atom stereocenters. The van der Waals surface area contributed by atoms with Crippen molar-refractivity contribution in [2.24, 2.45) is 4.99 Å². The van der Waals surface area contributed by atoms with Crippen molar-refractivity contribution in [2.45, 2.75) is 39.2 Å². The minimum absolute atomic E-state index is 0.0943. The lowest BCUT2D eigenvalue weighted by atomic mass is 9.90. The number of esters is 1. The number of nitrogens with one attached hydrogen (secondary N) is 1. The predicted octanol–water partition coefficient (Wildman–Crippen LogP) is 3.06. The van der Waals surface area contributed by atoms with E-state index in [1.807, 2.05) is 16.7 Å². The van der Waals surface area contributed by atoms with Gasteiger partial charge in [-0.2, -0.15) is 0 Å². The van der Waals surface area contributed by atoms with E-state index >= 15 is 0 Å². The average molecular weight is 368 g/mol. The van der Waals surface area contributed by atoms with Gasteiger partial charge >= 0.3 is 5.97 Å². The van der Waals surface area contributed by atoms with Crippen LogP contribution in [0.5, 0.6) is 0 Å². The van der Waals surface area contributed by atoms with Gasteiger partial charge in [0.15, 0.2) is 5.69 Å². The second kappa shape index (κ2) is 8.16. The average Bonchev–Trinajstić information content (AvgIpc) is 2.97. The van der Waals surface area contributed by atoms with Crippen LogP contribution >= 0.6 is 0 Å². The molecule has 0 saturated heterocycles. The third kappa shape index (κ3) is 3.92. The van der Waals surface area contributed by atoms with Crippen molar-refractivity contribution in [3.05, 3.63) is 46.9 Å². The molecular formula is C20H24N4O3. The van der Waals surface area contributed by atoms with Gasteiger partial charge in [-0.15, -0.1) is 0 Å². The van der Waals surface area contributed by atoms with E-state index in [-0.39, 0.29) is 18.3 Å².